The lowest BCUT2D eigenvalue weighted by Gasteiger charge is -2.11. The van der Waals surface area contributed by atoms with Crippen molar-refractivity contribution in [1.82, 2.24) is 5.43 Å². The van der Waals surface area contributed by atoms with Crippen LogP contribution >= 0.6 is 11.6 Å². The maximum atomic E-state index is 11.3. The van der Waals surface area contributed by atoms with Gasteiger partial charge in [0.25, 0.3) is 0 Å². The van der Waals surface area contributed by atoms with E-state index in [0.29, 0.717) is 10.8 Å². The molecule has 0 saturated carbocycles. The first-order valence-corrected chi connectivity index (χ1v) is 4.81. The van der Waals surface area contributed by atoms with Gasteiger partial charge in [-0.05, 0) is 24.6 Å². The standard InChI is InChI=1S/C10H13ClN2O2/c1-6(10(14)13-12)7-3-4-9(15-2)8(11)5-7/h3-6H,12H2,1-2H3,(H,13,14). The average molecular weight is 229 g/mol. The van der Waals surface area contributed by atoms with Crippen molar-refractivity contribution < 1.29 is 9.53 Å². The lowest BCUT2D eigenvalue weighted by molar-refractivity contribution is -0.122. The Morgan fingerprint density at radius 1 is 1.60 bits per heavy atom. The van der Waals surface area contributed by atoms with Crippen LogP contribution in [0, 0.1) is 0 Å². The molecule has 0 radical (unpaired) electrons. The molecule has 4 nitrogen and oxygen atoms in total. The van der Waals surface area contributed by atoms with Gasteiger partial charge in [0.05, 0.1) is 18.1 Å². The Kier molecular flexibility index (Phi) is 3.94. The molecule has 0 bridgehead atoms. The Labute approximate surface area is 93.3 Å². The Morgan fingerprint density at radius 3 is 2.73 bits per heavy atom. The zero-order chi connectivity index (χ0) is 11.4. The van der Waals surface area contributed by atoms with Gasteiger partial charge in [0.1, 0.15) is 5.75 Å². The van der Waals surface area contributed by atoms with Gasteiger partial charge in [-0.2, -0.15) is 0 Å². The molecule has 5 heteroatoms. The van der Waals surface area contributed by atoms with Crippen LogP contribution in [0.2, 0.25) is 5.02 Å². The number of halogens is 1. The zero-order valence-corrected chi connectivity index (χ0v) is 9.34. The highest BCUT2D eigenvalue weighted by Crippen LogP contribution is 2.28. The minimum atomic E-state index is -0.335. The van der Waals surface area contributed by atoms with E-state index >= 15 is 0 Å². The van der Waals surface area contributed by atoms with Gasteiger partial charge in [-0.1, -0.05) is 17.7 Å². The van der Waals surface area contributed by atoms with Crippen molar-refractivity contribution >= 4 is 17.5 Å². The minimum absolute atomic E-state index is 0.253. The fourth-order valence-corrected chi connectivity index (χ4v) is 1.49. The van der Waals surface area contributed by atoms with Gasteiger partial charge in [-0.3, -0.25) is 10.2 Å². The minimum Gasteiger partial charge on any atom is -0.495 e. The van der Waals surface area contributed by atoms with Crippen molar-refractivity contribution in [3.05, 3.63) is 28.8 Å². The average Bonchev–Trinajstić information content (AvgIpc) is 2.26. The number of benzene rings is 1. The molecule has 82 valence electrons. The first-order valence-electron chi connectivity index (χ1n) is 4.44. The highest BCUT2D eigenvalue weighted by molar-refractivity contribution is 6.32. The third-order valence-corrected chi connectivity index (χ3v) is 2.51. The number of hydrogen-bond donors (Lipinski definition) is 2. The van der Waals surface area contributed by atoms with Gasteiger partial charge in [-0.25, -0.2) is 5.84 Å². The number of carbonyl (C=O) groups is 1. The molecular formula is C10H13ClN2O2. The van der Waals surface area contributed by atoms with Crippen LogP contribution in [0.25, 0.3) is 0 Å². The highest BCUT2D eigenvalue weighted by atomic mass is 35.5. The molecule has 0 aliphatic rings. The maximum absolute atomic E-state index is 11.3. The molecule has 1 aromatic carbocycles. The van der Waals surface area contributed by atoms with Crippen molar-refractivity contribution in [3.63, 3.8) is 0 Å². The first-order chi connectivity index (χ1) is 7.10. The van der Waals surface area contributed by atoms with E-state index in [-0.39, 0.29) is 11.8 Å². The number of nitrogens with one attached hydrogen (secondary N) is 1. The number of rotatable bonds is 3. The molecule has 3 N–H and O–H groups in total. The predicted octanol–water partition coefficient (Wildman–Crippen LogP) is 1.44. The second-order valence-electron chi connectivity index (χ2n) is 3.12. The number of amides is 1. The molecule has 0 aliphatic heterocycles. The summed E-state index contributed by atoms with van der Waals surface area (Å²) in [4.78, 5) is 11.3. The van der Waals surface area contributed by atoms with E-state index in [1.54, 1.807) is 25.1 Å². The van der Waals surface area contributed by atoms with Gasteiger partial charge in [0.15, 0.2) is 0 Å². The van der Waals surface area contributed by atoms with Crippen molar-refractivity contribution in [2.45, 2.75) is 12.8 Å². The number of methoxy groups -OCH3 is 1. The summed E-state index contributed by atoms with van der Waals surface area (Å²) in [6.45, 7) is 1.75. The Hall–Kier alpha value is -1.26. The summed E-state index contributed by atoms with van der Waals surface area (Å²) in [7, 11) is 1.54. The molecular weight excluding hydrogens is 216 g/mol. The second-order valence-corrected chi connectivity index (χ2v) is 3.53. The first kappa shape index (κ1) is 11.8. The topological polar surface area (TPSA) is 64.3 Å². The summed E-state index contributed by atoms with van der Waals surface area (Å²) >= 11 is 5.93. The fourth-order valence-electron chi connectivity index (χ4n) is 1.23. The van der Waals surface area contributed by atoms with Crippen molar-refractivity contribution in [2.24, 2.45) is 5.84 Å². The van der Waals surface area contributed by atoms with Gasteiger partial charge in [0, 0.05) is 0 Å². The zero-order valence-electron chi connectivity index (χ0n) is 8.58. The quantitative estimate of drug-likeness (QED) is 0.468. The van der Waals surface area contributed by atoms with Crippen LogP contribution in [0.3, 0.4) is 0 Å². The van der Waals surface area contributed by atoms with E-state index in [1.807, 2.05) is 0 Å². The van der Waals surface area contributed by atoms with E-state index in [9.17, 15) is 4.79 Å². The predicted molar refractivity (Wildman–Crippen MR) is 58.7 cm³/mol. The van der Waals surface area contributed by atoms with Crippen LogP contribution in [0.15, 0.2) is 18.2 Å². The molecule has 1 unspecified atom stereocenters. The number of hydrazine groups is 1. The summed E-state index contributed by atoms with van der Waals surface area (Å²) in [6.07, 6.45) is 0. The smallest absolute Gasteiger partial charge is 0.241 e. The summed E-state index contributed by atoms with van der Waals surface area (Å²) in [6, 6.07) is 5.20. The van der Waals surface area contributed by atoms with Crippen LogP contribution in [-0.2, 0) is 4.79 Å². The molecule has 0 aliphatic carbocycles. The number of nitrogens with two attached hydrogens (primary N) is 1. The number of hydrogen-bond acceptors (Lipinski definition) is 3. The third-order valence-electron chi connectivity index (χ3n) is 2.21. The van der Waals surface area contributed by atoms with E-state index < -0.39 is 0 Å². The lowest BCUT2D eigenvalue weighted by Crippen LogP contribution is -2.33. The molecule has 1 amide bonds. The molecule has 0 fully saturated rings. The Morgan fingerprint density at radius 2 is 2.27 bits per heavy atom. The molecule has 15 heavy (non-hydrogen) atoms. The number of carbonyl (C=O) groups excluding carboxylic acids is 1. The largest absolute Gasteiger partial charge is 0.495 e. The van der Waals surface area contributed by atoms with Gasteiger partial charge in [0.2, 0.25) is 5.91 Å². The Balaban J connectivity index is 2.97. The summed E-state index contributed by atoms with van der Waals surface area (Å²) in [5.74, 6) is 5.04. The van der Waals surface area contributed by atoms with Crippen LogP contribution < -0.4 is 16.0 Å². The van der Waals surface area contributed by atoms with Crippen LogP contribution in [0.4, 0.5) is 0 Å². The third kappa shape index (κ3) is 2.61. The van der Waals surface area contributed by atoms with Crippen LogP contribution in [-0.4, -0.2) is 13.0 Å². The summed E-state index contributed by atoms with van der Waals surface area (Å²) in [5.41, 5.74) is 2.89. The van der Waals surface area contributed by atoms with Crippen molar-refractivity contribution in [3.8, 4) is 5.75 Å². The molecule has 1 atom stereocenters. The Bertz CT molecular complexity index is 368. The molecule has 0 heterocycles. The highest BCUT2D eigenvalue weighted by Gasteiger charge is 2.15. The SMILES string of the molecule is COc1ccc(C(C)C(=O)NN)cc1Cl. The van der Waals surface area contributed by atoms with E-state index in [2.05, 4.69) is 5.43 Å². The maximum Gasteiger partial charge on any atom is 0.241 e. The summed E-state index contributed by atoms with van der Waals surface area (Å²) < 4.78 is 5.01. The number of ether oxygens (including phenoxy) is 1. The van der Waals surface area contributed by atoms with Crippen LogP contribution in [0.1, 0.15) is 18.4 Å². The van der Waals surface area contributed by atoms with Crippen molar-refractivity contribution in [2.75, 3.05) is 7.11 Å². The molecule has 0 aromatic heterocycles. The van der Waals surface area contributed by atoms with Gasteiger partial charge in [-0.15, -0.1) is 0 Å². The monoisotopic (exact) mass is 228 g/mol. The van der Waals surface area contributed by atoms with Gasteiger partial charge >= 0.3 is 0 Å². The van der Waals surface area contributed by atoms with E-state index in [0.717, 1.165) is 5.56 Å². The van der Waals surface area contributed by atoms with E-state index in [1.165, 1.54) is 7.11 Å². The normalized spacial score (nSPS) is 12.0. The lowest BCUT2D eigenvalue weighted by atomic mass is 10.0. The molecule has 1 aromatic rings. The molecule has 0 saturated heterocycles. The molecule has 1 rings (SSSR count). The summed E-state index contributed by atoms with van der Waals surface area (Å²) in [5, 5.41) is 0.478. The molecule has 0 spiro atoms. The fraction of sp³-hybridized carbons (Fsp3) is 0.300. The van der Waals surface area contributed by atoms with Gasteiger partial charge < -0.3 is 4.74 Å². The van der Waals surface area contributed by atoms with E-state index in [4.69, 9.17) is 22.2 Å². The van der Waals surface area contributed by atoms with Crippen molar-refractivity contribution in [1.29, 1.82) is 0 Å². The van der Waals surface area contributed by atoms with Crippen LogP contribution in [0.5, 0.6) is 5.75 Å². The second kappa shape index (κ2) is 5.00.